The fraction of sp³-hybridized carbons (Fsp3) is 0. The first-order valence-electron chi connectivity index (χ1n) is 20.3. The number of pyridine rings is 1. The van der Waals surface area contributed by atoms with Crippen LogP contribution in [0.4, 0.5) is 0 Å². The molecule has 0 radical (unpaired) electrons. The highest BCUT2D eigenvalue weighted by Crippen LogP contribution is 2.58. The topological polar surface area (TPSA) is 17.3 Å². The maximum atomic E-state index is 4.88. The highest BCUT2D eigenvalue weighted by Gasteiger charge is 2.31. The molecular weight excluding hydrogens is 713 g/mol. The Kier molecular flexibility index (Phi) is 7.57. The molecule has 0 bridgehead atoms. The van der Waals surface area contributed by atoms with Gasteiger partial charge in [0.1, 0.15) is 5.65 Å². The van der Waals surface area contributed by atoms with E-state index >= 15 is 0 Å². The largest absolute Gasteiger partial charge is 0.306 e. The molecule has 0 atom stereocenters. The van der Waals surface area contributed by atoms with Crippen LogP contribution in [0.5, 0.6) is 0 Å². The van der Waals surface area contributed by atoms with E-state index in [2.05, 4.69) is 199 Å². The summed E-state index contributed by atoms with van der Waals surface area (Å²) in [6.45, 7) is 0. The Morgan fingerprint density at radius 1 is 0.305 bits per heavy atom. The van der Waals surface area contributed by atoms with Crippen molar-refractivity contribution in [2.45, 2.75) is 0 Å². The minimum Gasteiger partial charge on any atom is -0.306 e. The molecule has 0 saturated carbocycles. The molecule has 2 heterocycles. The van der Waals surface area contributed by atoms with Crippen molar-refractivity contribution < 1.29 is 0 Å². The van der Waals surface area contributed by atoms with Crippen LogP contribution in [0, 0.1) is 0 Å². The number of hydrogen-bond donors (Lipinski definition) is 0. The molecular formula is C57H36N2. The van der Waals surface area contributed by atoms with Gasteiger partial charge in [0.25, 0.3) is 0 Å². The van der Waals surface area contributed by atoms with Gasteiger partial charge in [0.05, 0.1) is 5.69 Å². The lowest BCUT2D eigenvalue weighted by molar-refractivity contribution is 1.19. The minimum absolute atomic E-state index is 0.945. The van der Waals surface area contributed by atoms with E-state index in [0.29, 0.717) is 0 Å². The van der Waals surface area contributed by atoms with Crippen LogP contribution < -0.4 is 0 Å². The number of fused-ring (bicyclic) bond motifs is 5. The Morgan fingerprint density at radius 3 is 1.42 bits per heavy atom. The number of nitrogens with zero attached hydrogens (tertiary/aromatic N) is 2. The average Bonchev–Trinajstić information content (AvgIpc) is 3.90. The van der Waals surface area contributed by atoms with Crippen LogP contribution in [0.3, 0.4) is 0 Å². The van der Waals surface area contributed by atoms with E-state index in [1.165, 1.54) is 99.4 Å². The van der Waals surface area contributed by atoms with Gasteiger partial charge in [-0.2, -0.15) is 0 Å². The van der Waals surface area contributed by atoms with Gasteiger partial charge in [-0.1, -0.05) is 176 Å². The molecule has 11 aromatic rings. The number of rotatable bonds is 6. The van der Waals surface area contributed by atoms with Crippen LogP contribution in [0.15, 0.2) is 219 Å². The number of benzene rings is 9. The first-order chi connectivity index (χ1) is 29.3. The summed E-state index contributed by atoms with van der Waals surface area (Å²) >= 11 is 0. The highest BCUT2D eigenvalue weighted by atomic mass is 15.0. The number of hydrogen-bond acceptors (Lipinski definition) is 1. The minimum atomic E-state index is 0.945. The van der Waals surface area contributed by atoms with Crippen LogP contribution in [0.1, 0.15) is 0 Å². The van der Waals surface area contributed by atoms with Crippen molar-refractivity contribution in [1.29, 1.82) is 0 Å². The van der Waals surface area contributed by atoms with Crippen molar-refractivity contribution in [1.82, 2.24) is 9.38 Å². The summed E-state index contributed by atoms with van der Waals surface area (Å²) in [4.78, 5) is 4.88. The maximum absolute atomic E-state index is 4.88. The van der Waals surface area contributed by atoms with Crippen LogP contribution in [-0.2, 0) is 0 Å². The Bertz CT molecular complexity index is 3270. The lowest BCUT2D eigenvalue weighted by Crippen LogP contribution is -1.93. The van der Waals surface area contributed by atoms with Gasteiger partial charge in [-0.05, 0) is 130 Å². The molecule has 59 heavy (non-hydrogen) atoms. The van der Waals surface area contributed by atoms with E-state index in [4.69, 9.17) is 4.98 Å². The van der Waals surface area contributed by atoms with Crippen LogP contribution in [-0.4, -0.2) is 9.38 Å². The summed E-state index contributed by atoms with van der Waals surface area (Å²) in [6.07, 6.45) is 4.14. The second kappa shape index (κ2) is 13.4. The molecule has 9 aromatic carbocycles. The fourth-order valence-electron chi connectivity index (χ4n) is 9.52. The van der Waals surface area contributed by atoms with Gasteiger partial charge in [-0.25, -0.2) is 4.98 Å². The molecule has 0 spiro atoms. The van der Waals surface area contributed by atoms with Gasteiger partial charge in [0, 0.05) is 18.0 Å². The summed E-state index contributed by atoms with van der Waals surface area (Å²) in [6, 6.07) is 75.4. The summed E-state index contributed by atoms with van der Waals surface area (Å²) in [7, 11) is 0. The molecule has 0 fully saturated rings. The van der Waals surface area contributed by atoms with E-state index < -0.39 is 0 Å². The fourth-order valence-corrected chi connectivity index (χ4v) is 9.52. The molecule has 1 aliphatic rings. The molecule has 0 N–H and O–H groups in total. The van der Waals surface area contributed by atoms with Gasteiger partial charge in [0.2, 0.25) is 0 Å². The lowest BCUT2D eigenvalue weighted by Gasteiger charge is -2.20. The molecule has 0 aliphatic heterocycles. The third-order valence-corrected chi connectivity index (χ3v) is 12.1. The maximum Gasteiger partial charge on any atom is 0.137 e. The van der Waals surface area contributed by atoms with E-state index in [-0.39, 0.29) is 0 Å². The number of imidazole rings is 1. The van der Waals surface area contributed by atoms with Crippen molar-refractivity contribution in [2.24, 2.45) is 0 Å². The third kappa shape index (κ3) is 5.38. The van der Waals surface area contributed by atoms with Crippen molar-refractivity contribution in [3.05, 3.63) is 219 Å². The van der Waals surface area contributed by atoms with Gasteiger partial charge in [-0.3, -0.25) is 0 Å². The molecule has 12 rings (SSSR count). The number of aromatic nitrogens is 2. The predicted molar refractivity (Wildman–Crippen MR) is 247 cm³/mol. The first kappa shape index (κ1) is 33.3. The van der Waals surface area contributed by atoms with E-state index in [1.54, 1.807) is 0 Å². The van der Waals surface area contributed by atoms with Gasteiger partial charge < -0.3 is 4.40 Å². The van der Waals surface area contributed by atoms with Crippen LogP contribution in [0.25, 0.3) is 116 Å². The second-order valence-electron chi connectivity index (χ2n) is 15.5. The third-order valence-electron chi connectivity index (χ3n) is 12.1. The molecule has 274 valence electrons. The monoisotopic (exact) mass is 748 g/mol. The molecule has 2 heteroatoms. The Labute approximate surface area is 343 Å². The standard InChI is InChI=1S/C57H36N2/c1-4-15-37(16-5-1)42-33-43(38-26-28-39(29-27-38)51-36-59-32-13-12-25-52(59)58-51)35-44(34-42)45-30-31-50-55-46(45)23-14-24-49(55)56-53(40-17-6-2-7-18-40)47-21-10-11-22-48(47)54(57(50)56)41-19-8-3-9-20-41/h1-36H. The van der Waals surface area contributed by atoms with Crippen LogP contribution >= 0.6 is 0 Å². The van der Waals surface area contributed by atoms with Crippen molar-refractivity contribution in [3.8, 4) is 89.1 Å². The average molecular weight is 749 g/mol. The smallest absolute Gasteiger partial charge is 0.137 e. The normalized spacial score (nSPS) is 11.7. The summed E-state index contributed by atoms with van der Waals surface area (Å²) in [5, 5.41) is 5.12. The van der Waals surface area contributed by atoms with Crippen molar-refractivity contribution in [3.63, 3.8) is 0 Å². The van der Waals surface area contributed by atoms with Gasteiger partial charge in [0.15, 0.2) is 0 Å². The molecule has 0 amide bonds. The zero-order valence-corrected chi connectivity index (χ0v) is 32.2. The Balaban J connectivity index is 1.08. The Hall–Kier alpha value is -7.81. The van der Waals surface area contributed by atoms with Crippen molar-refractivity contribution >= 4 is 27.2 Å². The summed E-state index contributed by atoms with van der Waals surface area (Å²) < 4.78 is 2.07. The SMILES string of the molecule is c1ccc(-c2cc(-c3ccc(-c4cn5ccccc5n4)cc3)cc(-c3ccc4c5c(cccc35)-c3c-4c(-c4ccccc4)c4ccccc4c3-c3ccccc3)c2)cc1. The molecule has 2 nitrogen and oxygen atoms in total. The second-order valence-corrected chi connectivity index (χ2v) is 15.5. The lowest BCUT2D eigenvalue weighted by atomic mass is 9.82. The molecule has 0 saturated heterocycles. The predicted octanol–water partition coefficient (Wildman–Crippen LogP) is 15.3. The molecule has 1 aliphatic carbocycles. The van der Waals surface area contributed by atoms with Crippen LogP contribution in [0.2, 0.25) is 0 Å². The quantitative estimate of drug-likeness (QED) is 0.166. The molecule has 0 unspecified atom stereocenters. The first-order valence-corrected chi connectivity index (χ1v) is 20.3. The van der Waals surface area contributed by atoms with E-state index in [0.717, 1.165) is 16.9 Å². The van der Waals surface area contributed by atoms with E-state index in [1.807, 2.05) is 24.4 Å². The Morgan fingerprint density at radius 2 is 0.797 bits per heavy atom. The van der Waals surface area contributed by atoms with Gasteiger partial charge >= 0.3 is 0 Å². The van der Waals surface area contributed by atoms with E-state index in [9.17, 15) is 0 Å². The zero-order chi connectivity index (χ0) is 38.9. The summed E-state index contributed by atoms with van der Waals surface area (Å²) in [5.74, 6) is 0. The highest BCUT2D eigenvalue weighted by molar-refractivity contribution is 6.28. The molecule has 2 aromatic heterocycles. The zero-order valence-electron chi connectivity index (χ0n) is 32.2. The van der Waals surface area contributed by atoms with Crippen molar-refractivity contribution in [2.75, 3.05) is 0 Å². The summed E-state index contributed by atoms with van der Waals surface area (Å²) in [5.41, 5.74) is 20.4. The van der Waals surface area contributed by atoms with Gasteiger partial charge in [-0.15, -0.1) is 0 Å².